The van der Waals surface area contributed by atoms with Gasteiger partial charge >= 0.3 is 0 Å². The van der Waals surface area contributed by atoms with Crippen LogP contribution in [-0.2, 0) is 29.1 Å². The highest BCUT2D eigenvalue weighted by Crippen LogP contribution is 2.19. The van der Waals surface area contributed by atoms with Crippen molar-refractivity contribution in [2.75, 3.05) is 24.7 Å². The van der Waals surface area contributed by atoms with Crippen LogP contribution >= 0.6 is 0 Å². The molecule has 0 unspecified atom stereocenters. The second kappa shape index (κ2) is 8.32. The van der Waals surface area contributed by atoms with E-state index in [1.807, 2.05) is 13.8 Å². The van der Waals surface area contributed by atoms with E-state index in [0.29, 0.717) is 0 Å². The van der Waals surface area contributed by atoms with E-state index in [1.54, 1.807) is 48.5 Å². The van der Waals surface area contributed by atoms with Crippen LogP contribution in [-0.4, -0.2) is 53.8 Å². The Balaban J connectivity index is 1.57. The summed E-state index contributed by atoms with van der Waals surface area (Å²) in [5.74, 6) is -0.402. The van der Waals surface area contributed by atoms with Gasteiger partial charge in [0.15, 0.2) is 19.7 Å². The third-order valence-electron chi connectivity index (χ3n) is 4.61. The Labute approximate surface area is 166 Å². The zero-order valence-corrected chi connectivity index (χ0v) is 17.5. The van der Waals surface area contributed by atoms with Crippen molar-refractivity contribution in [1.82, 2.24) is 0 Å². The first kappa shape index (κ1) is 21.0. The summed E-state index contributed by atoms with van der Waals surface area (Å²) in [7, 11) is -7.00. The standard InChI is InChI=1S/C20H24O6S2/c1-15-3-7-19(8-4-15)27(21,22)13-17-11-26-18(12-25-17)14-28(23,24)20-9-5-16(2)6-10-20/h3-10,17-18H,11-14H2,1-2H3/t17-,18-/m1/s1. The van der Waals surface area contributed by atoms with Crippen LogP contribution in [0, 0.1) is 13.8 Å². The van der Waals surface area contributed by atoms with Crippen molar-refractivity contribution in [3.63, 3.8) is 0 Å². The van der Waals surface area contributed by atoms with Crippen molar-refractivity contribution < 1.29 is 26.3 Å². The summed E-state index contributed by atoms with van der Waals surface area (Å²) >= 11 is 0. The molecule has 3 rings (SSSR count). The molecule has 2 atom stereocenters. The zero-order chi connectivity index (χ0) is 20.4. The fraction of sp³-hybridized carbons (Fsp3) is 0.400. The molecule has 1 aliphatic rings. The van der Waals surface area contributed by atoms with Crippen molar-refractivity contribution in [2.24, 2.45) is 0 Å². The Kier molecular flexibility index (Phi) is 6.24. The van der Waals surface area contributed by atoms with E-state index < -0.39 is 31.9 Å². The van der Waals surface area contributed by atoms with Gasteiger partial charge in [-0.1, -0.05) is 35.4 Å². The van der Waals surface area contributed by atoms with Gasteiger partial charge in [0.2, 0.25) is 0 Å². The minimum Gasteiger partial charge on any atom is -0.372 e. The van der Waals surface area contributed by atoms with Gasteiger partial charge in [-0.25, -0.2) is 16.8 Å². The maximum absolute atomic E-state index is 12.5. The highest BCUT2D eigenvalue weighted by atomic mass is 32.2. The molecular formula is C20H24O6S2. The van der Waals surface area contributed by atoms with Crippen molar-refractivity contribution >= 4 is 19.7 Å². The quantitative estimate of drug-likeness (QED) is 0.707. The number of aryl methyl sites for hydroxylation is 2. The number of benzene rings is 2. The normalized spacial score (nSPS) is 20.8. The molecule has 28 heavy (non-hydrogen) atoms. The summed E-state index contributed by atoms with van der Waals surface area (Å²) in [5.41, 5.74) is 1.96. The van der Waals surface area contributed by atoms with E-state index >= 15 is 0 Å². The molecule has 0 spiro atoms. The Hall–Kier alpha value is -1.74. The molecule has 0 bridgehead atoms. The first-order valence-electron chi connectivity index (χ1n) is 8.98. The number of hydrogen-bond acceptors (Lipinski definition) is 6. The van der Waals surface area contributed by atoms with Crippen LogP contribution in [0.15, 0.2) is 58.3 Å². The van der Waals surface area contributed by atoms with Gasteiger partial charge in [-0.2, -0.15) is 0 Å². The van der Waals surface area contributed by atoms with Gasteiger partial charge in [0.05, 0.1) is 46.7 Å². The molecule has 152 valence electrons. The van der Waals surface area contributed by atoms with Crippen molar-refractivity contribution in [2.45, 2.75) is 35.8 Å². The average molecular weight is 425 g/mol. The lowest BCUT2D eigenvalue weighted by atomic mass is 10.2. The van der Waals surface area contributed by atoms with E-state index in [1.165, 1.54) is 0 Å². The predicted molar refractivity (Wildman–Crippen MR) is 106 cm³/mol. The number of hydrogen-bond donors (Lipinski definition) is 0. The third-order valence-corrected chi connectivity index (χ3v) is 8.21. The summed E-state index contributed by atoms with van der Waals surface area (Å²) in [6.45, 7) is 3.86. The first-order chi connectivity index (χ1) is 13.2. The summed E-state index contributed by atoms with van der Waals surface area (Å²) in [6, 6.07) is 13.3. The molecule has 0 aromatic heterocycles. The maximum atomic E-state index is 12.5. The molecule has 0 amide bonds. The van der Waals surface area contributed by atoms with Crippen LogP contribution in [0.5, 0.6) is 0 Å². The van der Waals surface area contributed by atoms with Crippen LogP contribution in [0.3, 0.4) is 0 Å². The van der Waals surface area contributed by atoms with E-state index in [4.69, 9.17) is 9.47 Å². The van der Waals surface area contributed by atoms with E-state index in [9.17, 15) is 16.8 Å². The summed E-state index contributed by atoms with van der Waals surface area (Å²) < 4.78 is 61.2. The minimum absolute atomic E-state index is 0.0408. The van der Waals surface area contributed by atoms with E-state index in [2.05, 4.69) is 0 Å². The van der Waals surface area contributed by atoms with Gasteiger partial charge < -0.3 is 9.47 Å². The SMILES string of the molecule is Cc1ccc(S(=O)(=O)C[C@H]2CO[C@@H](CS(=O)(=O)c3ccc(C)cc3)CO2)cc1. The van der Waals surface area contributed by atoms with Gasteiger partial charge in [-0.3, -0.25) is 0 Å². The molecular weight excluding hydrogens is 400 g/mol. The van der Waals surface area contributed by atoms with Gasteiger partial charge in [-0.05, 0) is 38.1 Å². The fourth-order valence-electron chi connectivity index (χ4n) is 2.95. The maximum Gasteiger partial charge on any atom is 0.181 e. The Bertz CT molecular complexity index is 916. The second-order valence-electron chi connectivity index (χ2n) is 7.10. The van der Waals surface area contributed by atoms with Crippen LogP contribution in [0.25, 0.3) is 0 Å². The summed E-state index contributed by atoms with van der Waals surface area (Å²) in [4.78, 5) is 0.483. The Morgan fingerprint density at radius 3 is 1.29 bits per heavy atom. The van der Waals surface area contributed by atoms with Crippen LogP contribution in [0.1, 0.15) is 11.1 Å². The fourth-order valence-corrected chi connectivity index (χ4v) is 5.80. The smallest absolute Gasteiger partial charge is 0.181 e. The first-order valence-corrected chi connectivity index (χ1v) is 12.3. The van der Waals surface area contributed by atoms with E-state index in [-0.39, 0.29) is 34.5 Å². The molecule has 2 aromatic rings. The molecule has 0 N–H and O–H groups in total. The van der Waals surface area contributed by atoms with Crippen LogP contribution < -0.4 is 0 Å². The Morgan fingerprint density at radius 2 is 1.00 bits per heavy atom. The lowest BCUT2D eigenvalue weighted by molar-refractivity contribution is -0.116. The third kappa shape index (κ3) is 5.20. The number of ether oxygens (including phenoxy) is 2. The van der Waals surface area contributed by atoms with Gasteiger partial charge in [0.1, 0.15) is 0 Å². The molecule has 1 fully saturated rings. The summed E-state index contributed by atoms with van der Waals surface area (Å²) in [5, 5.41) is 0. The summed E-state index contributed by atoms with van der Waals surface area (Å²) in [6.07, 6.45) is -1.24. The van der Waals surface area contributed by atoms with Gasteiger partial charge in [0.25, 0.3) is 0 Å². The minimum atomic E-state index is -3.50. The molecule has 8 heteroatoms. The number of sulfone groups is 2. The lowest BCUT2D eigenvalue weighted by Gasteiger charge is -2.29. The molecule has 1 heterocycles. The molecule has 6 nitrogen and oxygen atoms in total. The molecule has 0 aliphatic carbocycles. The average Bonchev–Trinajstić information content (AvgIpc) is 2.64. The topological polar surface area (TPSA) is 86.7 Å². The highest BCUT2D eigenvalue weighted by molar-refractivity contribution is 7.91. The Morgan fingerprint density at radius 1 is 0.679 bits per heavy atom. The largest absolute Gasteiger partial charge is 0.372 e. The number of rotatable bonds is 6. The molecule has 2 aromatic carbocycles. The van der Waals surface area contributed by atoms with Crippen molar-refractivity contribution in [1.29, 1.82) is 0 Å². The zero-order valence-electron chi connectivity index (χ0n) is 15.9. The lowest BCUT2D eigenvalue weighted by Crippen LogP contribution is -2.42. The van der Waals surface area contributed by atoms with E-state index in [0.717, 1.165) is 11.1 Å². The molecule has 1 aliphatic heterocycles. The highest BCUT2D eigenvalue weighted by Gasteiger charge is 2.30. The van der Waals surface area contributed by atoms with Crippen LogP contribution in [0.4, 0.5) is 0 Å². The second-order valence-corrected chi connectivity index (χ2v) is 11.2. The van der Waals surface area contributed by atoms with Gasteiger partial charge in [0, 0.05) is 0 Å². The molecule has 1 saturated heterocycles. The predicted octanol–water partition coefficient (Wildman–Crippen LogP) is 2.34. The van der Waals surface area contributed by atoms with Crippen molar-refractivity contribution in [3.8, 4) is 0 Å². The van der Waals surface area contributed by atoms with Crippen molar-refractivity contribution in [3.05, 3.63) is 59.7 Å². The molecule has 0 saturated carbocycles. The van der Waals surface area contributed by atoms with Crippen LogP contribution in [0.2, 0.25) is 0 Å². The monoisotopic (exact) mass is 424 g/mol. The van der Waals surface area contributed by atoms with Gasteiger partial charge in [-0.15, -0.1) is 0 Å². The molecule has 0 radical (unpaired) electrons.